The Morgan fingerprint density at radius 1 is 1.42 bits per heavy atom. The van der Waals surface area contributed by atoms with Crippen LogP contribution in [0.2, 0.25) is 0 Å². The molecule has 3 rings (SSSR count). The number of imide groups is 1. The maximum Gasteiger partial charge on any atom is 0.261 e. The fourth-order valence-corrected chi connectivity index (χ4v) is 3.05. The monoisotopic (exact) mass is 353 g/mol. The Labute approximate surface area is 149 Å². The number of nitrogens with one attached hydrogen (secondary N) is 1. The van der Waals surface area contributed by atoms with Gasteiger partial charge >= 0.3 is 0 Å². The first-order valence-electron chi connectivity index (χ1n) is 8.12. The average Bonchev–Trinajstić information content (AvgIpc) is 3.14. The van der Waals surface area contributed by atoms with E-state index in [9.17, 15) is 9.59 Å². The highest BCUT2D eigenvalue weighted by atomic mass is 16.3. The van der Waals surface area contributed by atoms with Gasteiger partial charge in [0.1, 0.15) is 5.65 Å². The SMILES string of the molecule is CN=C(C=CN)C1=C(c2cn(CCCO)c3ncccc23)C(=O)NC1=O. The fraction of sp³-hybridized carbons (Fsp3) is 0.222. The van der Waals surface area contributed by atoms with Crippen molar-refractivity contribution in [3.8, 4) is 0 Å². The zero-order chi connectivity index (χ0) is 18.7. The molecular weight excluding hydrogens is 334 g/mol. The highest BCUT2D eigenvalue weighted by molar-refractivity contribution is 6.47. The van der Waals surface area contributed by atoms with Gasteiger partial charge in [0.15, 0.2) is 0 Å². The number of hydrogen-bond donors (Lipinski definition) is 3. The van der Waals surface area contributed by atoms with E-state index in [-0.39, 0.29) is 17.8 Å². The molecule has 0 saturated heterocycles. The van der Waals surface area contributed by atoms with E-state index in [4.69, 9.17) is 10.8 Å². The van der Waals surface area contributed by atoms with Gasteiger partial charge in [0, 0.05) is 43.5 Å². The second-order valence-corrected chi connectivity index (χ2v) is 5.69. The van der Waals surface area contributed by atoms with Crippen molar-refractivity contribution >= 4 is 34.1 Å². The van der Waals surface area contributed by atoms with Crippen LogP contribution < -0.4 is 11.1 Å². The van der Waals surface area contributed by atoms with Crippen molar-refractivity contribution < 1.29 is 14.7 Å². The quantitative estimate of drug-likeness (QED) is 0.511. The van der Waals surface area contributed by atoms with Crippen LogP contribution in [-0.4, -0.2) is 45.8 Å². The van der Waals surface area contributed by atoms with Gasteiger partial charge in [-0.2, -0.15) is 0 Å². The second-order valence-electron chi connectivity index (χ2n) is 5.69. The third-order valence-electron chi connectivity index (χ3n) is 4.14. The van der Waals surface area contributed by atoms with Crippen molar-refractivity contribution in [2.75, 3.05) is 13.7 Å². The molecule has 0 atom stereocenters. The molecule has 4 N–H and O–H groups in total. The van der Waals surface area contributed by atoms with Crippen molar-refractivity contribution in [2.24, 2.45) is 10.7 Å². The van der Waals surface area contributed by atoms with Crippen LogP contribution in [0.3, 0.4) is 0 Å². The van der Waals surface area contributed by atoms with Gasteiger partial charge in [-0.3, -0.25) is 19.9 Å². The van der Waals surface area contributed by atoms with E-state index < -0.39 is 11.8 Å². The number of rotatable bonds is 6. The molecule has 0 aliphatic carbocycles. The molecule has 0 radical (unpaired) electrons. The minimum atomic E-state index is -0.510. The largest absolute Gasteiger partial charge is 0.405 e. The highest BCUT2D eigenvalue weighted by Crippen LogP contribution is 2.32. The third kappa shape index (κ3) is 2.91. The van der Waals surface area contributed by atoms with E-state index in [0.717, 1.165) is 5.39 Å². The predicted octanol–water partition coefficient (Wildman–Crippen LogP) is 0.372. The van der Waals surface area contributed by atoms with E-state index >= 15 is 0 Å². The predicted molar refractivity (Wildman–Crippen MR) is 98.2 cm³/mol. The first kappa shape index (κ1) is 17.6. The number of fused-ring (bicyclic) bond motifs is 1. The molecule has 26 heavy (non-hydrogen) atoms. The number of aliphatic hydroxyl groups excluding tert-OH is 1. The van der Waals surface area contributed by atoms with E-state index in [2.05, 4.69) is 15.3 Å². The molecule has 1 aliphatic rings. The van der Waals surface area contributed by atoms with E-state index in [1.54, 1.807) is 18.5 Å². The van der Waals surface area contributed by atoms with Crippen molar-refractivity contribution in [1.82, 2.24) is 14.9 Å². The van der Waals surface area contributed by atoms with Gasteiger partial charge in [-0.25, -0.2) is 4.98 Å². The number of carbonyl (C=O) groups is 2. The Morgan fingerprint density at radius 3 is 2.92 bits per heavy atom. The minimum absolute atomic E-state index is 0.0443. The number of pyridine rings is 1. The lowest BCUT2D eigenvalue weighted by atomic mass is 9.98. The van der Waals surface area contributed by atoms with Crippen LogP contribution >= 0.6 is 0 Å². The number of nitrogens with two attached hydrogens (primary N) is 1. The van der Waals surface area contributed by atoms with Crippen LogP contribution in [0.4, 0.5) is 0 Å². The standard InChI is InChI=1S/C18H19N5O3/c1-20-13(5-6-19)15-14(17(25)22-18(15)26)12-10-23(8-3-9-24)16-11(12)4-2-7-21-16/h2,4-7,10,24H,3,8-9,19H2,1H3,(H,22,25,26). The van der Waals surface area contributed by atoms with Crippen LogP contribution in [0.5, 0.6) is 0 Å². The van der Waals surface area contributed by atoms with Crippen LogP contribution in [0.25, 0.3) is 16.6 Å². The third-order valence-corrected chi connectivity index (χ3v) is 4.14. The summed E-state index contributed by atoms with van der Waals surface area (Å²) in [4.78, 5) is 33.3. The number of nitrogens with zero attached hydrogens (tertiary/aromatic N) is 3. The Balaban J connectivity index is 2.27. The van der Waals surface area contributed by atoms with Crippen LogP contribution in [0.15, 0.2) is 47.4 Å². The summed E-state index contributed by atoms with van der Waals surface area (Å²) in [7, 11) is 1.53. The normalized spacial score (nSPS) is 15.5. The second kappa shape index (κ2) is 7.32. The van der Waals surface area contributed by atoms with Gasteiger partial charge in [-0.05, 0) is 30.8 Å². The van der Waals surface area contributed by atoms with Gasteiger partial charge in [0.05, 0.1) is 16.9 Å². The van der Waals surface area contributed by atoms with Crippen molar-refractivity contribution in [3.63, 3.8) is 0 Å². The molecule has 0 unspecified atom stereocenters. The zero-order valence-corrected chi connectivity index (χ0v) is 14.3. The number of hydrogen-bond acceptors (Lipinski definition) is 6. The number of aliphatic imine (C=N–C) groups is 1. The summed E-state index contributed by atoms with van der Waals surface area (Å²) in [5, 5.41) is 12.2. The molecule has 8 heteroatoms. The summed E-state index contributed by atoms with van der Waals surface area (Å²) in [6.45, 7) is 0.586. The number of allylic oxidation sites excluding steroid dienone is 1. The molecule has 0 aromatic carbocycles. The first-order valence-corrected chi connectivity index (χ1v) is 8.12. The number of aromatic nitrogens is 2. The Bertz CT molecular complexity index is 968. The lowest BCUT2D eigenvalue weighted by Gasteiger charge is -2.03. The maximum absolute atomic E-state index is 12.5. The van der Waals surface area contributed by atoms with Crippen molar-refractivity contribution in [3.05, 3.63) is 47.9 Å². The van der Waals surface area contributed by atoms with Gasteiger partial charge in [0.25, 0.3) is 11.8 Å². The van der Waals surface area contributed by atoms with Gasteiger partial charge in [-0.1, -0.05) is 0 Å². The average molecular weight is 353 g/mol. The molecule has 0 saturated carbocycles. The lowest BCUT2D eigenvalue weighted by molar-refractivity contribution is -0.123. The van der Waals surface area contributed by atoms with Gasteiger partial charge < -0.3 is 15.4 Å². The molecule has 2 amide bonds. The van der Waals surface area contributed by atoms with E-state index in [0.29, 0.717) is 29.9 Å². The Morgan fingerprint density at radius 2 is 2.23 bits per heavy atom. The van der Waals surface area contributed by atoms with E-state index in [1.165, 1.54) is 19.3 Å². The molecule has 134 valence electrons. The highest BCUT2D eigenvalue weighted by Gasteiger charge is 2.35. The number of aryl methyl sites for hydroxylation is 1. The van der Waals surface area contributed by atoms with E-state index in [1.807, 2.05) is 10.6 Å². The Kier molecular flexibility index (Phi) is 4.94. The molecule has 2 aromatic rings. The zero-order valence-electron chi connectivity index (χ0n) is 14.3. The minimum Gasteiger partial charge on any atom is -0.405 e. The first-order chi connectivity index (χ1) is 12.6. The van der Waals surface area contributed by atoms with Crippen molar-refractivity contribution in [1.29, 1.82) is 0 Å². The number of carbonyl (C=O) groups excluding carboxylic acids is 2. The fourth-order valence-electron chi connectivity index (χ4n) is 3.05. The van der Waals surface area contributed by atoms with Gasteiger partial charge in [0.2, 0.25) is 0 Å². The lowest BCUT2D eigenvalue weighted by Crippen LogP contribution is -2.24. The smallest absolute Gasteiger partial charge is 0.261 e. The van der Waals surface area contributed by atoms with Gasteiger partial charge in [-0.15, -0.1) is 0 Å². The molecule has 8 nitrogen and oxygen atoms in total. The summed E-state index contributed by atoms with van der Waals surface area (Å²) in [6, 6.07) is 3.61. The molecule has 1 aliphatic heterocycles. The van der Waals surface area contributed by atoms with Crippen molar-refractivity contribution in [2.45, 2.75) is 13.0 Å². The summed E-state index contributed by atoms with van der Waals surface area (Å²) >= 11 is 0. The number of amides is 2. The summed E-state index contributed by atoms with van der Waals surface area (Å²) in [5.74, 6) is -0.995. The van der Waals surface area contributed by atoms with Crippen LogP contribution in [0.1, 0.15) is 12.0 Å². The summed E-state index contributed by atoms with van der Waals surface area (Å²) < 4.78 is 1.86. The summed E-state index contributed by atoms with van der Waals surface area (Å²) in [6.07, 6.45) is 6.74. The van der Waals surface area contributed by atoms with Crippen LogP contribution in [0, 0.1) is 0 Å². The molecular formula is C18H19N5O3. The topological polar surface area (TPSA) is 123 Å². The molecule has 2 aromatic heterocycles. The number of aliphatic hydroxyl groups is 1. The van der Waals surface area contributed by atoms with Crippen LogP contribution in [-0.2, 0) is 16.1 Å². The molecule has 0 fully saturated rings. The Hall–Kier alpha value is -3.26. The molecule has 0 spiro atoms. The summed E-state index contributed by atoms with van der Waals surface area (Å²) in [5.41, 5.74) is 7.48. The molecule has 3 heterocycles. The maximum atomic E-state index is 12.5. The molecule has 0 bridgehead atoms.